The van der Waals surface area contributed by atoms with Crippen LogP contribution < -0.4 is 11.3 Å². The predicted octanol–water partition coefficient (Wildman–Crippen LogP) is 1.76. The van der Waals surface area contributed by atoms with Gasteiger partial charge in [0, 0.05) is 10.9 Å². The van der Waals surface area contributed by atoms with Crippen LogP contribution in [0, 0.1) is 5.92 Å². The molecule has 1 aliphatic carbocycles. The number of halogens is 2. The number of aliphatic hydroxyl groups is 2. The van der Waals surface area contributed by atoms with E-state index in [4.69, 9.17) is 17.4 Å². The molecule has 0 radical (unpaired) electrons. The minimum Gasteiger partial charge on any atom is -0.390 e. The summed E-state index contributed by atoms with van der Waals surface area (Å²) in [5.74, 6) is 4.99. The Balaban J connectivity index is 1.65. The van der Waals surface area contributed by atoms with Gasteiger partial charge in [-0.05, 0) is 24.1 Å². The van der Waals surface area contributed by atoms with E-state index < -0.39 is 30.3 Å². The quantitative estimate of drug-likeness (QED) is 0.394. The zero-order valence-electron chi connectivity index (χ0n) is 14.1. The lowest BCUT2D eigenvalue weighted by atomic mass is 9.93. The minimum absolute atomic E-state index is 0.215. The number of hydrazine groups is 1. The maximum atomic E-state index is 15.1. The number of nitrogens with zero attached hydrogens (tertiary/aromatic N) is 4. The number of hydrogen-bond donors (Lipinski definition) is 4. The van der Waals surface area contributed by atoms with E-state index in [9.17, 15) is 10.2 Å². The number of nitrogens with one attached hydrogen (secondary N) is 1. The van der Waals surface area contributed by atoms with Crippen molar-refractivity contribution >= 4 is 28.6 Å². The van der Waals surface area contributed by atoms with Crippen LogP contribution >= 0.6 is 11.6 Å². The fourth-order valence-electron chi connectivity index (χ4n) is 3.70. The van der Waals surface area contributed by atoms with Crippen LogP contribution in [0.5, 0.6) is 0 Å². The standard InChI is InChI=1S/C17H18ClFN6O2/c18-9-3-1-8(2-4-9)12(19)10-5-11(15(27)14(10)26)25-7-23-13-16(24-20)21-6-22-17(13)25/h1-4,6-7,10-12,14-15,26-27H,5,20H2,(H,21,22,24)/t10-,11-,12-,14-,15+/m1/s1. The van der Waals surface area contributed by atoms with Gasteiger partial charge in [-0.25, -0.2) is 25.2 Å². The van der Waals surface area contributed by atoms with Gasteiger partial charge in [-0.3, -0.25) is 0 Å². The van der Waals surface area contributed by atoms with Crippen molar-refractivity contribution in [3.63, 3.8) is 0 Å². The second-order valence-electron chi connectivity index (χ2n) is 6.59. The van der Waals surface area contributed by atoms with Gasteiger partial charge in [0.05, 0.1) is 18.5 Å². The van der Waals surface area contributed by atoms with Gasteiger partial charge in [0.1, 0.15) is 18.6 Å². The molecule has 27 heavy (non-hydrogen) atoms. The number of alkyl halides is 1. The zero-order chi connectivity index (χ0) is 19.1. The Kier molecular flexibility index (Phi) is 4.68. The molecule has 1 aliphatic rings. The summed E-state index contributed by atoms with van der Waals surface area (Å²) in [6.45, 7) is 0. The number of fused-ring (bicyclic) bond motifs is 1. The monoisotopic (exact) mass is 392 g/mol. The second-order valence-corrected chi connectivity index (χ2v) is 7.03. The highest BCUT2D eigenvalue weighted by molar-refractivity contribution is 6.30. The molecule has 2 heterocycles. The van der Waals surface area contributed by atoms with E-state index in [2.05, 4.69) is 20.4 Å². The number of benzene rings is 1. The van der Waals surface area contributed by atoms with Gasteiger partial charge in [0.15, 0.2) is 17.0 Å². The summed E-state index contributed by atoms with van der Waals surface area (Å²) < 4.78 is 16.7. The Labute approximate surface area is 158 Å². The van der Waals surface area contributed by atoms with Crippen molar-refractivity contribution in [2.24, 2.45) is 11.8 Å². The molecule has 10 heteroatoms. The van der Waals surface area contributed by atoms with Gasteiger partial charge in [0.2, 0.25) is 0 Å². The lowest BCUT2D eigenvalue weighted by molar-refractivity contribution is -0.00976. The maximum absolute atomic E-state index is 15.1. The van der Waals surface area contributed by atoms with Crippen molar-refractivity contribution < 1.29 is 14.6 Å². The van der Waals surface area contributed by atoms with Gasteiger partial charge in [-0.1, -0.05) is 23.7 Å². The molecule has 3 aromatic rings. The summed E-state index contributed by atoms with van der Waals surface area (Å²) in [7, 11) is 0. The molecular weight excluding hydrogens is 375 g/mol. The molecule has 0 spiro atoms. The van der Waals surface area contributed by atoms with Gasteiger partial charge < -0.3 is 20.2 Å². The summed E-state index contributed by atoms with van der Waals surface area (Å²) in [6, 6.07) is 5.78. The molecule has 0 aliphatic heterocycles. The molecule has 1 fully saturated rings. The highest BCUT2D eigenvalue weighted by atomic mass is 35.5. The van der Waals surface area contributed by atoms with Crippen LogP contribution in [0.3, 0.4) is 0 Å². The van der Waals surface area contributed by atoms with E-state index in [0.717, 1.165) is 0 Å². The van der Waals surface area contributed by atoms with Crippen LogP contribution in [-0.4, -0.2) is 41.9 Å². The zero-order valence-corrected chi connectivity index (χ0v) is 14.8. The highest BCUT2D eigenvalue weighted by Crippen LogP contribution is 2.44. The Bertz CT molecular complexity index is 952. The first-order valence-electron chi connectivity index (χ1n) is 8.41. The van der Waals surface area contributed by atoms with Gasteiger partial charge >= 0.3 is 0 Å². The van der Waals surface area contributed by atoms with Crippen molar-refractivity contribution in [3.05, 3.63) is 47.5 Å². The van der Waals surface area contributed by atoms with E-state index >= 15 is 4.39 Å². The Hall–Kier alpha value is -2.33. The van der Waals surface area contributed by atoms with Crippen LogP contribution in [0.25, 0.3) is 11.2 Å². The number of aliphatic hydroxyl groups excluding tert-OH is 2. The average Bonchev–Trinajstić information content (AvgIpc) is 3.23. The number of rotatable bonds is 4. The van der Waals surface area contributed by atoms with Crippen molar-refractivity contribution in [2.45, 2.75) is 30.8 Å². The summed E-state index contributed by atoms with van der Waals surface area (Å²) in [4.78, 5) is 12.4. The van der Waals surface area contributed by atoms with Crippen LogP contribution in [0.1, 0.15) is 24.2 Å². The van der Waals surface area contributed by atoms with Crippen molar-refractivity contribution in [2.75, 3.05) is 5.43 Å². The highest BCUT2D eigenvalue weighted by Gasteiger charge is 2.47. The summed E-state index contributed by atoms with van der Waals surface area (Å²) >= 11 is 5.85. The molecule has 4 rings (SSSR count). The fraction of sp³-hybridized carbons (Fsp3) is 0.353. The number of anilines is 1. The molecule has 8 nitrogen and oxygen atoms in total. The lowest BCUT2D eigenvalue weighted by Crippen LogP contribution is -2.30. The first kappa shape index (κ1) is 18.1. The SMILES string of the molecule is NNc1ncnc2c1ncn2[C@@H]1C[C@H]([C@H](F)c2ccc(Cl)cc2)[C@@H](O)[C@H]1O. The summed E-state index contributed by atoms with van der Waals surface area (Å²) in [6.07, 6.45) is -0.820. The van der Waals surface area contributed by atoms with Gasteiger partial charge in [-0.15, -0.1) is 0 Å². The van der Waals surface area contributed by atoms with Gasteiger partial charge in [0.25, 0.3) is 0 Å². The number of imidazole rings is 1. The Morgan fingerprint density at radius 1 is 1.19 bits per heavy atom. The molecule has 0 saturated heterocycles. The van der Waals surface area contributed by atoms with Crippen LogP contribution in [-0.2, 0) is 0 Å². The molecule has 142 valence electrons. The van der Waals surface area contributed by atoms with Crippen molar-refractivity contribution in [3.8, 4) is 0 Å². The topological polar surface area (TPSA) is 122 Å². The van der Waals surface area contributed by atoms with Crippen LogP contribution in [0.15, 0.2) is 36.9 Å². The van der Waals surface area contributed by atoms with E-state index in [-0.39, 0.29) is 6.42 Å². The molecular formula is C17H18ClFN6O2. The van der Waals surface area contributed by atoms with Gasteiger partial charge in [-0.2, -0.15) is 0 Å². The summed E-state index contributed by atoms with van der Waals surface area (Å²) in [5, 5.41) is 21.5. The molecule has 0 unspecified atom stereocenters. The molecule has 2 aromatic heterocycles. The Morgan fingerprint density at radius 2 is 1.93 bits per heavy atom. The molecule has 1 aromatic carbocycles. The second kappa shape index (κ2) is 7.01. The third kappa shape index (κ3) is 3.02. The predicted molar refractivity (Wildman–Crippen MR) is 97.6 cm³/mol. The fourth-order valence-corrected chi connectivity index (χ4v) is 3.83. The van der Waals surface area contributed by atoms with Crippen LogP contribution in [0.2, 0.25) is 5.02 Å². The third-order valence-corrected chi connectivity index (χ3v) is 5.37. The third-order valence-electron chi connectivity index (χ3n) is 5.11. The maximum Gasteiger partial charge on any atom is 0.171 e. The largest absolute Gasteiger partial charge is 0.390 e. The van der Waals surface area contributed by atoms with Crippen LogP contribution in [0.4, 0.5) is 10.2 Å². The van der Waals surface area contributed by atoms with E-state index in [0.29, 0.717) is 27.6 Å². The number of nitrogen functional groups attached to an aromatic ring is 1. The summed E-state index contributed by atoms with van der Waals surface area (Å²) in [5.41, 5.74) is 3.72. The number of aromatic nitrogens is 4. The first-order valence-corrected chi connectivity index (χ1v) is 8.79. The normalized spacial score (nSPS) is 26.4. The van der Waals surface area contributed by atoms with E-state index in [1.54, 1.807) is 28.8 Å². The smallest absolute Gasteiger partial charge is 0.171 e. The molecule has 5 atom stereocenters. The van der Waals surface area contributed by atoms with E-state index in [1.165, 1.54) is 12.7 Å². The molecule has 0 bridgehead atoms. The molecule has 1 saturated carbocycles. The minimum atomic E-state index is -1.44. The number of nitrogens with two attached hydrogens (primary N) is 1. The lowest BCUT2D eigenvalue weighted by Gasteiger charge is -2.20. The van der Waals surface area contributed by atoms with Crippen molar-refractivity contribution in [1.29, 1.82) is 0 Å². The number of hydrogen-bond acceptors (Lipinski definition) is 7. The van der Waals surface area contributed by atoms with Crippen molar-refractivity contribution in [1.82, 2.24) is 19.5 Å². The first-order chi connectivity index (χ1) is 13.0. The molecule has 0 amide bonds. The van der Waals surface area contributed by atoms with E-state index in [1.807, 2.05) is 0 Å². The molecule has 5 N–H and O–H groups in total. The average molecular weight is 393 g/mol. The Morgan fingerprint density at radius 3 is 2.63 bits per heavy atom.